The van der Waals surface area contributed by atoms with Gasteiger partial charge in [-0.25, -0.2) is 0 Å². The molecule has 0 spiro atoms. The van der Waals surface area contributed by atoms with Gasteiger partial charge in [0.05, 0.1) is 12.6 Å². The first kappa shape index (κ1) is 15.5. The summed E-state index contributed by atoms with van der Waals surface area (Å²) in [6, 6.07) is 16.8. The first-order chi connectivity index (χ1) is 10.7. The molecule has 2 aromatic carbocycles. The predicted molar refractivity (Wildman–Crippen MR) is 97.9 cm³/mol. The zero-order valence-electron chi connectivity index (χ0n) is 12.6. The second-order valence-electron chi connectivity index (χ2n) is 5.56. The minimum Gasteiger partial charge on any atom is -0.325 e. The predicted octanol–water partition coefficient (Wildman–Crippen LogP) is 4.04. The highest BCUT2D eigenvalue weighted by molar-refractivity contribution is 14.1. The number of halogens is 1. The quantitative estimate of drug-likeness (QED) is 0.781. The maximum absolute atomic E-state index is 12.2. The van der Waals surface area contributed by atoms with E-state index in [1.54, 1.807) is 0 Å². The number of hydrogen-bond acceptors (Lipinski definition) is 2. The Kier molecular flexibility index (Phi) is 4.78. The molecular formula is C18H19IN2O. The lowest BCUT2D eigenvalue weighted by Crippen LogP contribution is -2.34. The number of hydrogen-bond donors (Lipinski definition) is 1. The average Bonchev–Trinajstić information content (AvgIpc) is 2.64. The zero-order valence-corrected chi connectivity index (χ0v) is 14.7. The van der Waals surface area contributed by atoms with Crippen molar-refractivity contribution in [2.75, 3.05) is 18.4 Å². The summed E-state index contributed by atoms with van der Waals surface area (Å²) in [7, 11) is 0. The average molecular weight is 406 g/mol. The van der Waals surface area contributed by atoms with Crippen molar-refractivity contribution in [1.29, 1.82) is 0 Å². The van der Waals surface area contributed by atoms with Crippen molar-refractivity contribution in [3.63, 3.8) is 0 Å². The van der Waals surface area contributed by atoms with Crippen LogP contribution in [0.25, 0.3) is 0 Å². The van der Waals surface area contributed by atoms with Crippen LogP contribution in [0.15, 0.2) is 48.5 Å². The molecule has 2 aromatic rings. The number of anilines is 1. The van der Waals surface area contributed by atoms with Gasteiger partial charge in [-0.15, -0.1) is 0 Å². The van der Waals surface area contributed by atoms with Gasteiger partial charge in [-0.3, -0.25) is 9.69 Å². The minimum atomic E-state index is 0.0642. The van der Waals surface area contributed by atoms with E-state index in [0.717, 1.165) is 18.7 Å². The van der Waals surface area contributed by atoms with E-state index < -0.39 is 0 Å². The second-order valence-corrected chi connectivity index (χ2v) is 6.81. The van der Waals surface area contributed by atoms with E-state index >= 15 is 0 Å². The van der Waals surface area contributed by atoms with Gasteiger partial charge in [0.1, 0.15) is 0 Å². The van der Waals surface area contributed by atoms with Crippen LogP contribution in [0, 0.1) is 3.57 Å². The highest BCUT2D eigenvalue weighted by Gasteiger charge is 2.29. The van der Waals surface area contributed by atoms with Crippen LogP contribution in [0.2, 0.25) is 0 Å². The van der Waals surface area contributed by atoms with E-state index in [1.165, 1.54) is 14.7 Å². The zero-order chi connectivity index (χ0) is 15.5. The number of nitrogens with one attached hydrogen (secondary N) is 1. The Balaban J connectivity index is 2.15. The number of rotatable bonds is 3. The summed E-state index contributed by atoms with van der Waals surface area (Å²) < 4.78 is 1.19. The lowest BCUT2D eigenvalue weighted by atomic mass is 9.96. The van der Waals surface area contributed by atoms with Crippen LogP contribution in [0.3, 0.4) is 0 Å². The molecule has 3 nitrogen and oxygen atoms in total. The van der Waals surface area contributed by atoms with Crippen LogP contribution in [0.4, 0.5) is 5.69 Å². The molecule has 22 heavy (non-hydrogen) atoms. The van der Waals surface area contributed by atoms with E-state index in [0.29, 0.717) is 6.54 Å². The summed E-state index contributed by atoms with van der Waals surface area (Å²) in [5.74, 6) is 0.0642. The molecule has 1 amide bonds. The second kappa shape index (κ2) is 6.79. The minimum absolute atomic E-state index is 0.0642. The van der Waals surface area contributed by atoms with Gasteiger partial charge in [-0.2, -0.15) is 0 Å². The van der Waals surface area contributed by atoms with Crippen LogP contribution in [-0.2, 0) is 4.79 Å². The highest BCUT2D eigenvalue weighted by atomic mass is 127. The fourth-order valence-electron chi connectivity index (χ4n) is 3.06. The molecule has 114 valence electrons. The topological polar surface area (TPSA) is 32.3 Å². The molecule has 0 radical (unpaired) electrons. The Morgan fingerprint density at radius 1 is 1.23 bits per heavy atom. The van der Waals surface area contributed by atoms with Crippen molar-refractivity contribution in [2.45, 2.75) is 19.4 Å². The molecule has 0 fully saturated rings. The van der Waals surface area contributed by atoms with Gasteiger partial charge < -0.3 is 5.32 Å². The lowest BCUT2D eigenvalue weighted by Gasteiger charge is -2.30. The van der Waals surface area contributed by atoms with Gasteiger partial charge in [-0.1, -0.05) is 37.3 Å². The maximum Gasteiger partial charge on any atom is 0.238 e. The van der Waals surface area contributed by atoms with Crippen molar-refractivity contribution < 1.29 is 4.79 Å². The Hall–Kier alpha value is -1.40. The smallest absolute Gasteiger partial charge is 0.238 e. The standard InChI is InChI=1S/C18H19IN2O/c1-2-10-21-12-17(22)20-16-9-8-14(19)11-15(16)18(21)13-6-4-3-5-7-13/h3-9,11,18H,2,10,12H2,1H3,(H,20,22). The first-order valence-corrected chi connectivity index (χ1v) is 8.65. The molecular weight excluding hydrogens is 387 g/mol. The van der Waals surface area contributed by atoms with Gasteiger partial charge in [-0.05, 0) is 64.9 Å². The summed E-state index contributed by atoms with van der Waals surface area (Å²) in [4.78, 5) is 14.5. The van der Waals surface area contributed by atoms with Crippen molar-refractivity contribution in [2.24, 2.45) is 0 Å². The van der Waals surface area contributed by atoms with Crippen molar-refractivity contribution in [3.8, 4) is 0 Å². The van der Waals surface area contributed by atoms with Crippen LogP contribution >= 0.6 is 22.6 Å². The number of amides is 1. The number of carbonyl (C=O) groups is 1. The molecule has 0 bridgehead atoms. The third-order valence-corrected chi connectivity index (χ3v) is 4.59. The molecule has 0 aliphatic carbocycles. The summed E-state index contributed by atoms with van der Waals surface area (Å²) >= 11 is 2.33. The van der Waals surface area contributed by atoms with Crippen molar-refractivity contribution in [3.05, 3.63) is 63.2 Å². The molecule has 1 atom stereocenters. The van der Waals surface area contributed by atoms with E-state index in [4.69, 9.17) is 0 Å². The highest BCUT2D eigenvalue weighted by Crippen LogP contribution is 2.36. The largest absolute Gasteiger partial charge is 0.325 e. The summed E-state index contributed by atoms with van der Waals surface area (Å²) in [5.41, 5.74) is 3.34. The van der Waals surface area contributed by atoms with Crippen LogP contribution in [0.5, 0.6) is 0 Å². The fourth-order valence-corrected chi connectivity index (χ4v) is 3.57. The molecule has 1 N–H and O–H groups in total. The monoisotopic (exact) mass is 406 g/mol. The summed E-state index contributed by atoms with van der Waals surface area (Å²) in [6.07, 6.45) is 1.02. The molecule has 3 rings (SSSR count). The Morgan fingerprint density at radius 3 is 2.73 bits per heavy atom. The van der Waals surface area contributed by atoms with Gasteiger partial charge in [0.2, 0.25) is 5.91 Å². The lowest BCUT2D eigenvalue weighted by molar-refractivity contribution is -0.117. The molecule has 0 saturated heterocycles. The van der Waals surface area contributed by atoms with Gasteiger partial charge >= 0.3 is 0 Å². The Morgan fingerprint density at radius 2 is 2.00 bits per heavy atom. The molecule has 1 unspecified atom stereocenters. The summed E-state index contributed by atoms with van der Waals surface area (Å²) in [6.45, 7) is 3.48. The van der Waals surface area contributed by atoms with Gasteiger partial charge in [0.15, 0.2) is 0 Å². The SMILES string of the molecule is CCCN1CC(=O)Nc2ccc(I)cc2C1c1ccccc1. The van der Waals surface area contributed by atoms with E-state index in [1.807, 2.05) is 18.2 Å². The summed E-state index contributed by atoms with van der Waals surface area (Å²) in [5, 5.41) is 3.05. The molecule has 1 aliphatic heterocycles. The maximum atomic E-state index is 12.2. The van der Waals surface area contributed by atoms with Crippen LogP contribution < -0.4 is 5.32 Å². The van der Waals surface area contributed by atoms with Crippen molar-refractivity contribution in [1.82, 2.24) is 4.90 Å². The fraction of sp³-hybridized carbons (Fsp3) is 0.278. The van der Waals surface area contributed by atoms with Crippen LogP contribution in [-0.4, -0.2) is 23.9 Å². The third kappa shape index (κ3) is 3.17. The van der Waals surface area contributed by atoms with Crippen LogP contribution in [0.1, 0.15) is 30.5 Å². The van der Waals surface area contributed by atoms with Gasteiger partial charge in [0, 0.05) is 9.26 Å². The molecule has 1 aliphatic rings. The number of fused-ring (bicyclic) bond motifs is 1. The number of benzene rings is 2. The first-order valence-electron chi connectivity index (χ1n) is 7.57. The number of carbonyl (C=O) groups excluding carboxylic acids is 1. The third-order valence-electron chi connectivity index (χ3n) is 3.92. The van der Waals surface area contributed by atoms with E-state index in [2.05, 4.69) is 70.1 Å². The van der Waals surface area contributed by atoms with Gasteiger partial charge in [0.25, 0.3) is 0 Å². The van der Waals surface area contributed by atoms with Crippen molar-refractivity contribution >= 4 is 34.2 Å². The Labute approximate surface area is 144 Å². The molecule has 0 saturated carbocycles. The van der Waals surface area contributed by atoms with E-state index in [9.17, 15) is 4.79 Å². The normalized spacial score (nSPS) is 18.5. The molecule has 4 heteroatoms. The van der Waals surface area contributed by atoms with E-state index in [-0.39, 0.29) is 11.9 Å². The molecule has 1 heterocycles. The number of nitrogens with zero attached hydrogens (tertiary/aromatic N) is 1. The molecule has 0 aromatic heterocycles. The Bertz CT molecular complexity index is 672.